The molecule has 0 saturated carbocycles. The van der Waals surface area contributed by atoms with Crippen LogP contribution >= 0.6 is 0 Å². The topological polar surface area (TPSA) is 54.8 Å². The van der Waals surface area contributed by atoms with Crippen LogP contribution in [0.2, 0.25) is 0 Å². The summed E-state index contributed by atoms with van der Waals surface area (Å²) in [5.74, 6) is 1.05. The van der Waals surface area contributed by atoms with Gasteiger partial charge in [-0.25, -0.2) is 0 Å². The van der Waals surface area contributed by atoms with E-state index in [4.69, 9.17) is 0 Å². The second kappa shape index (κ2) is 5.96. The molecule has 1 aromatic rings. The fourth-order valence-corrected chi connectivity index (χ4v) is 2.11. The molecule has 90 valence electrons. The highest BCUT2D eigenvalue weighted by Gasteiger charge is 2.11. The number of nitrogens with zero attached hydrogens (tertiary/aromatic N) is 3. The molecule has 1 aliphatic rings. The third kappa shape index (κ3) is 3.28. The highest BCUT2D eigenvalue weighted by molar-refractivity contribution is 4.85. The Balaban J connectivity index is 1.59. The molecule has 1 fully saturated rings. The minimum absolute atomic E-state index is 0.660. The zero-order valence-electron chi connectivity index (χ0n) is 9.95. The zero-order chi connectivity index (χ0) is 11.2. The van der Waals surface area contributed by atoms with E-state index in [2.05, 4.69) is 20.8 Å². The van der Waals surface area contributed by atoms with E-state index in [1.54, 1.807) is 6.33 Å². The molecule has 0 bridgehead atoms. The number of hydrogen-bond acceptors (Lipinski definition) is 4. The van der Waals surface area contributed by atoms with Crippen molar-refractivity contribution in [3.05, 3.63) is 12.2 Å². The summed E-state index contributed by atoms with van der Waals surface area (Å²) in [4.78, 5) is 0. The van der Waals surface area contributed by atoms with Gasteiger partial charge in [0.1, 0.15) is 12.2 Å². The van der Waals surface area contributed by atoms with Crippen LogP contribution in [0.4, 0.5) is 0 Å². The largest absolute Gasteiger partial charge is 0.321 e. The molecular formula is C11H21N5. The zero-order valence-corrected chi connectivity index (χ0v) is 9.95. The molecule has 0 amide bonds. The maximum absolute atomic E-state index is 4.06. The van der Waals surface area contributed by atoms with Crippen LogP contribution in [0.3, 0.4) is 0 Å². The van der Waals surface area contributed by atoms with Crippen LogP contribution in [-0.4, -0.2) is 40.4 Å². The summed E-state index contributed by atoms with van der Waals surface area (Å²) >= 11 is 0. The summed E-state index contributed by atoms with van der Waals surface area (Å²) in [7, 11) is 1.98. The van der Waals surface area contributed by atoms with Gasteiger partial charge in [-0.1, -0.05) is 6.42 Å². The van der Waals surface area contributed by atoms with Crippen molar-refractivity contribution in [3.63, 3.8) is 0 Å². The summed E-state index contributed by atoms with van der Waals surface area (Å²) in [5, 5.41) is 14.9. The van der Waals surface area contributed by atoms with Crippen LogP contribution in [0.1, 0.15) is 25.1 Å². The molecule has 2 rings (SSSR count). The van der Waals surface area contributed by atoms with Crippen LogP contribution < -0.4 is 10.6 Å². The predicted octanol–water partition coefficient (Wildman–Crippen LogP) is 0.0893. The van der Waals surface area contributed by atoms with Crippen molar-refractivity contribution in [3.8, 4) is 0 Å². The monoisotopic (exact) mass is 223 g/mol. The van der Waals surface area contributed by atoms with Crippen LogP contribution in [0.5, 0.6) is 0 Å². The van der Waals surface area contributed by atoms with Crippen molar-refractivity contribution in [2.45, 2.75) is 31.7 Å². The summed E-state index contributed by atoms with van der Waals surface area (Å²) in [5.41, 5.74) is 0. The lowest BCUT2D eigenvalue weighted by Crippen LogP contribution is -2.42. The van der Waals surface area contributed by atoms with Crippen molar-refractivity contribution < 1.29 is 0 Å². The van der Waals surface area contributed by atoms with Crippen molar-refractivity contribution in [2.24, 2.45) is 7.05 Å². The molecule has 0 aromatic carbocycles. The van der Waals surface area contributed by atoms with Crippen molar-refractivity contribution in [2.75, 3.05) is 19.6 Å². The number of aromatic nitrogens is 3. The summed E-state index contributed by atoms with van der Waals surface area (Å²) in [6.45, 7) is 3.22. The van der Waals surface area contributed by atoms with E-state index in [0.29, 0.717) is 6.04 Å². The highest BCUT2D eigenvalue weighted by atomic mass is 15.2. The number of aryl methyl sites for hydroxylation is 1. The lowest BCUT2D eigenvalue weighted by Gasteiger charge is -2.23. The predicted molar refractivity (Wildman–Crippen MR) is 63.2 cm³/mol. The van der Waals surface area contributed by atoms with Gasteiger partial charge in [-0.05, 0) is 19.4 Å². The highest BCUT2D eigenvalue weighted by Crippen LogP contribution is 2.05. The lowest BCUT2D eigenvalue weighted by atomic mass is 10.1. The Kier molecular flexibility index (Phi) is 4.30. The smallest absolute Gasteiger partial charge is 0.133 e. The van der Waals surface area contributed by atoms with Crippen molar-refractivity contribution in [1.82, 2.24) is 25.4 Å². The summed E-state index contributed by atoms with van der Waals surface area (Å²) in [6, 6.07) is 0.660. The quantitative estimate of drug-likeness (QED) is 0.695. The molecule has 0 spiro atoms. The molecule has 1 saturated heterocycles. The van der Waals surface area contributed by atoms with Gasteiger partial charge in [0.05, 0.1) is 0 Å². The molecule has 2 N–H and O–H groups in total. The standard InChI is InChI=1S/C11H21N5/c1-16-9-14-15-11(16)5-7-12-8-10-4-2-3-6-13-10/h9-10,12-13H,2-8H2,1H3. The van der Waals surface area contributed by atoms with Crippen LogP contribution in [0.15, 0.2) is 6.33 Å². The molecule has 0 radical (unpaired) electrons. The Hall–Kier alpha value is -0.940. The van der Waals surface area contributed by atoms with Gasteiger partial charge in [-0.2, -0.15) is 0 Å². The van der Waals surface area contributed by atoms with E-state index in [9.17, 15) is 0 Å². The van der Waals surface area contributed by atoms with Crippen molar-refractivity contribution >= 4 is 0 Å². The molecule has 5 heteroatoms. The van der Waals surface area contributed by atoms with Gasteiger partial charge >= 0.3 is 0 Å². The van der Waals surface area contributed by atoms with E-state index in [0.717, 1.165) is 25.3 Å². The molecule has 2 heterocycles. The molecule has 1 unspecified atom stereocenters. The Morgan fingerprint density at radius 2 is 2.50 bits per heavy atom. The van der Waals surface area contributed by atoms with E-state index in [-0.39, 0.29) is 0 Å². The second-order valence-corrected chi connectivity index (χ2v) is 4.46. The number of nitrogens with one attached hydrogen (secondary N) is 2. The second-order valence-electron chi connectivity index (χ2n) is 4.46. The summed E-state index contributed by atoms with van der Waals surface area (Å²) in [6.07, 6.45) is 6.69. The lowest BCUT2D eigenvalue weighted by molar-refractivity contribution is 0.384. The number of hydrogen-bond donors (Lipinski definition) is 2. The Labute approximate surface area is 96.6 Å². The van der Waals surface area contributed by atoms with E-state index in [1.807, 2.05) is 11.6 Å². The van der Waals surface area contributed by atoms with E-state index < -0.39 is 0 Å². The minimum Gasteiger partial charge on any atom is -0.321 e. The molecule has 0 aliphatic carbocycles. The Morgan fingerprint density at radius 1 is 1.56 bits per heavy atom. The average Bonchev–Trinajstić information content (AvgIpc) is 2.72. The van der Waals surface area contributed by atoms with Gasteiger partial charge in [0.25, 0.3) is 0 Å². The van der Waals surface area contributed by atoms with E-state index >= 15 is 0 Å². The van der Waals surface area contributed by atoms with Crippen LogP contribution in [0.25, 0.3) is 0 Å². The Morgan fingerprint density at radius 3 is 3.19 bits per heavy atom. The average molecular weight is 223 g/mol. The summed E-state index contributed by atoms with van der Waals surface area (Å²) < 4.78 is 1.97. The SMILES string of the molecule is Cn1cnnc1CCNCC1CCCCN1. The van der Waals surface area contributed by atoms with Crippen LogP contribution in [0, 0.1) is 0 Å². The van der Waals surface area contributed by atoms with Gasteiger partial charge in [0, 0.05) is 32.6 Å². The molecule has 16 heavy (non-hydrogen) atoms. The normalized spacial score (nSPS) is 21.2. The maximum Gasteiger partial charge on any atom is 0.133 e. The molecule has 1 aromatic heterocycles. The van der Waals surface area contributed by atoms with Gasteiger partial charge in [-0.15, -0.1) is 10.2 Å². The Bertz CT molecular complexity index is 303. The van der Waals surface area contributed by atoms with E-state index in [1.165, 1.54) is 25.8 Å². The molecule has 1 atom stereocenters. The van der Waals surface area contributed by atoms with Gasteiger partial charge < -0.3 is 15.2 Å². The molecular weight excluding hydrogens is 202 g/mol. The van der Waals surface area contributed by atoms with Gasteiger partial charge in [-0.3, -0.25) is 0 Å². The number of piperidine rings is 1. The van der Waals surface area contributed by atoms with Crippen molar-refractivity contribution in [1.29, 1.82) is 0 Å². The molecule has 5 nitrogen and oxygen atoms in total. The van der Waals surface area contributed by atoms with Crippen LogP contribution in [-0.2, 0) is 13.5 Å². The fourth-order valence-electron chi connectivity index (χ4n) is 2.11. The minimum atomic E-state index is 0.660. The maximum atomic E-state index is 4.06. The fraction of sp³-hybridized carbons (Fsp3) is 0.818. The molecule has 1 aliphatic heterocycles. The number of rotatable bonds is 5. The first-order valence-corrected chi connectivity index (χ1v) is 6.13. The third-order valence-corrected chi connectivity index (χ3v) is 3.13. The first kappa shape index (κ1) is 11.5. The van der Waals surface area contributed by atoms with Gasteiger partial charge in [0.15, 0.2) is 0 Å². The third-order valence-electron chi connectivity index (χ3n) is 3.13. The first-order valence-electron chi connectivity index (χ1n) is 6.13. The first-order chi connectivity index (χ1) is 7.86. The van der Waals surface area contributed by atoms with Gasteiger partial charge in [0.2, 0.25) is 0 Å².